The number of benzene rings is 3. The average molecular weight is 479 g/mol. The molecular weight excluding hydrogens is 464 g/mol. The normalized spacial score (nSPS) is 12.2. The number of nitrogens with one attached hydrogen (secondary N) is 1. The highest BCUT2D eigenvalue weighted by Crippen LogP contribution is 2.33. The standard InChI is InChI=1S/C23H15F6N3S/c24-22(25,26)15-10-8-14(9-11-15)13-33-21-31-19-7-2-1-6-18(19)20(32-21)30-17-5-3-4-16(12-17)23(27,28)29/h1-12H,13H2,(H,30,31,32). The molecule has 1 aromatic heterocycles. The highest BCUT2D eigenvalue weighted by molar-refractivity contribution is 7.98. The second-order valence-electron chi connectivity index (χ2n) is 7.06. The van der Waals surface area contributed by atoms with Crippen LogP contribution in [0.2, 0.25) is 0 Å². The Bertz CT molecular complexity index is 1270. The Morgan fingerprint density at radius 3 is 2.12 bits per heavy atom. The molecule has 10 heteroatoms. The molecule has 0 bridgehead atoms. The number of thioether (sulfide) groups is 1. The minimum Gasteiger partial charge on any atom is -0.340 e. The summed E-state index contributed by atoms with van der Waals surface area (Å²) in [6, 6.07) is 16.6. The van der Waals surface area contributed by atoms with Crippen LogP contribution in [0.3, 0.4) is 0 Å². The summed E-state index contributed by atoms with van der Waals surface area (Å²) in [5.41, 5.74) is -0.0741. The lowest BCUT2D eigenvalue weighted by molar-refractivity contribution is -0.138. The van der Waals surface area contributed by atoms with Gasteiger partial charge in [-0.25, -0.2) is 9.97 Å². The van der Waals surface area contributed by atoms with Gasteiger partial charge < -0.3 is 5.32 Å². The molecule has 0 saturated carbocycles. The highest BCUT2D eigenvalue weighted by Gasteiger charge is 2.31. The lowest BCUT2D eigenvalue weighted by atomic mass is 10.1. The number of hydrogen-bond acceptors (Lipinski definition) is 4. The molecule has 3 nitrogen and oxygen atoms in total. The maximum Gasteiger partial charge on any atom is 0.416 e. The Hall–Kier alpha value is -3.27. The summed E-state index contributed by atoms with van der Waals surface area (Å²) >= 11 is 1.21. The molecule has 0 unspecified atom stereocenters. The zero-order chi connectivity index (χ0) is 23.6. The fourth-order valence-corrected chi connectivity index (χ4v) is 3.87. The number of aromatic nitrogens is 2. The lowest BCUT2D eigenvalue weighted by Crippen LogP contribution is -2.06. The van der Waals surface area contributed by atoms with Crippen molar-refractivity contribution in [3.63, 3.8) is 0 Å². The first-order chi connectivity index (χ1) is 15.6. The van der Waals surface area contributed by atoms with Crippen molar-refractivity contribution >= 4 is 34.2 Å². The van der Waals surface area contributed by atoms with Crippen LogP contribution in [0.5, 0.6) is 0 Å². The topological polar surface area (TPSA) is 37.8 Å². The largest absolute Gasteiger partial charge is 0.416 e. The van der Waals surface area contributed by atoms with Gasteiger partial charge in [-0.2, -0.15) is 26.3 Å². The van der Waals surface area contributed by atoms with E-state index < -0.39 is 23.5 Å². The number of rotatable bonds is 5. The first-order valence-corrected chi connectivity index (χ1v) is 10.6. The van der Waals surface area contributed by atoms with Gasteiger partial charge in [-0.05, 0) is 48.0 Å². The number of fused-ring (bicyclic) bond motifs is 1. The van der Waals surface area contributed by atoms with E-state index in [2.05, 4.69) is 15.3 Å². The van der Waals surface area contributed by atoms with Crippen LogP contribution in [-0.4, -0.2) is 9.97 Å². The molecule has 33 heavy (non-hydrogen) atoms. The van der Waals surface area contributed by atoms with Gasteiger partial charge in [0.1, 0.15) is 5.82 Å². The quantitative estimate of drug-likeness (QED) is 0.181. The van der Waals surface area contributed by atoms with E-state index >= 15 is 0 Å². The Morgan fingerprint density at radius 2 is 1.42 bits per heavy atom. The van der Waals surface area contributed by atoms with Gasteiger partial charge >= 0.3 is 12.4 Å². The SMILES string of the molecule is FC(F)(F)c1ccc(CSc2nc(Nc3cccc(C(F)(F)F)c3)c3ccccc3n2)cc1. The van der Waals surface area contributed by atoms with Crippen LogP contribution in [0.4, 0.5) is 37.8 Å². The van der Waals surface area contributed by atoms with E-state index in [1.165, 1.54) is 36.0 Å². The van der Waals surface area contributed by atoms with Gasteiger partial charge in [0.05, 0.1) is 16.6 Å². The molecular formula is C23H15F6N3S. The summed E-state index contributed by atoms with van der Waals surface area (Å²) in [7, 11) is 0. The number of alkyl halides is 6. The highest BCUT2D eigenvalue weighted by atomic mass is 32.2. The van der Waals surface area contributed by atoms with Crippen LogP contribution in [-0.2, 0) is 18.1 Å². The summed E-state index contributed by atoms with van der Waals surface area (Å²) in [6.07, 6.45) is -8.88. The minimum atomic E-state index is -4.48. The predicted molar refractivity (Wildman–Crippen MR) is 115 cm³/mol. The van der Waals surface area contributed by atoms with Gasteiger partial charge in [-0.3, -0.25) is 0 Å². The van der Waals surface area contributed by atoms with Crippen molar-refractivity contribution < 1.29 is 26.3 Å². The van der Waals surface area contributed by atoms with Crippen LogP contribution >= 0.6 is 11.8 Å². The zero-order valence-corrected chi connectivity index (χ0v) is 17.5. The molecule has 0 aliphatic carbocycles. The number of nitrogens with zero attached hydrogens (tertiary/aromatic N) is 2. The summed E-state index contributed by atoms with van der Waals surface area (Å²) in [5, 5.41) is 3.89. The molecule has 0 saturated heterocycles. The Kier molecular flexibility index (Phi) is 6.20. The van der Waals surface area contributed by atoms with Crippen molar-refractivity contribution in [1.29, 1.82) is 0 Å². The first-order valence-electron chi connectivity index (χ1n) is 9.59. The van der Waals surface area contributed by atoms with E-state index in [1.807, 2.05) is 0 Å². The number of anilines is 2. The molecule has 0 amide bonds. The van der Waals surface area contributed by atoms with E-state index in [1.54, 1.807) is 24.3 Å². The molecule has 1 N–H and O–H groups in total. The molecule has 0 spiro atoms. The summed E-state index contributed by atoms with van der Waals surface area (Å²) in [6.45, 7) is 0. The van der Waals surface area contributed by atoms with Crippen molar-refractivity contribution in [2.45, 2.75) is 23.3 Å². The van der Waals surface area contributed by atoms with Gasteiger partial charge in [0.25, 0.3) is 0 Å². The molecule has 4 aromatic rings. The van der Waals surface area contributed by atoms with Crippen molar-refractivity contribution in [2.24, 2.45) is 0 Å². The maximum atomic E-state index is 13.1. The molecule has 1 heterocycles. The Morgan fingerprint density at radius 1 is 0.727 bits per heavy atom. The van der Waals surface area contributed by atoms with Crippen molar-refractivity contribution in [1.82, 2.24) is 9.97 Å². The monoisotopic (exact) mass is 479 g/mol. The third kappa shape index (κ3) is 5.57. The van der Waals surface area contributed by atoms with Gasteiger partial charge in [-0.15, -0.1) is 0 Å². The third-order valence-corrected chi connectivity index (χ3v) is 5.60. The van der Waals surface area contributed by atoms with Gasteiger partial charge in [0.15, 0.2) is 5.16 Å². The molecule has 4 rings (SSSR count). The van der Waals surface area contributed by atoms with E-state index in [4.69, 9.17) is 0 Å². The van der Waals surface area contributed by atoms with Crippen molar-refractivity contribution in [3.8, 4) is 0 Å². The van der Waals surface area contributed by atoms with E-state index in [0.29, 0.717) is 33.2 Å². The fraction of sp³-hybridized carbons (Fsp3) is 0.130. The summed E-state index contributed by atoms with van der Waals surface area (Å²) in [4.78, 5) is 8.90. The van der Waals surface area contributed by atoms with Crippen LogP contribution in [0.25, 0.3) is 10.9 Å². The molecule has 170 valence electrons. The maximum absolute atomic E-state index is 13.1. The molecule has 0 aliphatic rings. The third-order valence-electron chi connectivity index (χ3n) is 4.68. The molecule has 0 radical (unpaired) electrons. The fourth-order valence-electron chi connectivity index (χ4n) is 3.06. The van der Waals surface area contributed by atoms with Crippen molar-refractivity contribution in [2.75, 3.05) is 5.32 Å². The first kappa shape index (κ1) is 22.9. The van der Waals surface area contributed by atoms with Crippen LogP contribution in [0.15, 0.2) is 78.0 Å². The van der Waals surface area contributed by atoms with Crippen LogP contribution in [0, 0.1) is 0 Å². The predicted octanol–water partition coefficient (Wildman–Crippen LogP) is 7.70. The van der Waals surface area contributed by atoms with Crippen LogP contribution < -0.4 is 5.32 Å². The Labute approximate surface area is 188 Å². The smallest absolute Gasteiger partial charge is 0.340 e. The summed E-state index contributed by atoms with van der Waals surface area (Å²) in [5.74, 6) is 0.647. The average Bonchev–Trinajstić information content (AvgIpc) is 2.77. The van der Waals surface area contributed by atoms with Gasteiger partial charge in [-0.1, -0.05) is 42.1 Å². The lowest BCUT2D eigenvalue weighted by Gasteiger charge is -2.13. The second kappa shape index (κ2) is 8.93. The van der Waals surface area contributed by atoms with Crippen molar-refractivity contribution in [3.05, 3.63) is 89.5 Å². The molecule has 3 aromatic carbocycles. The van der Waals surface area contributed by atoms with E-state index in [9.17, 15) is 26.3 Å². The zero-order valence-electron chi connectivity index (χ0n) is 16.7. The minimum absolute atomic E-state index is 0.215. The summed E-state index contributed by atoms with van der Waals surface area (Å²) < 4.78 is 77.4. The van der Waals surface area contributed by atoms with E-state index in [0.717, 1.165) is 24.3 Å². The second-order valence-corrected chi connectivity index (χ2v) is 8.00. The molecule has 0 atom stereocenters. The van der Waals surface area contributed by atoms with Crippen LogP contribution in [0.1, 0.15) is 16.7 Å². The molecule has 0 aliphatic heterocycles. The van der Waals surface area contributed by atoms with E-state index in [-0.39, 0.29) is 5.69 Å². The van der Waals surface area contributed by atoms with Gasteiger partial charge in [0, 0.05) is 16.8 Å². The van der Waals surface area contributed by atoms with Gasteiger partial charge in [0.2, 0.25) is 0 Å². The number of hydrogen-bond donors (Lipinski definition) is 1. The number of para-hydroxylation sites is 1. The Balaban J connectivity index is 1.59. The molecule has 0 fully saturated rings. The number of halogens is 6.